The topological polar surface area (TPSA) is 33.0 Å². The van der Waals surface area contributed by atoms with Gasteiger partial charge < -0.3 is 4.74 Å². The summed E-state index contributed by atoms with van der Waals surface area (Å²) in [5, 5.41) is 9.09. The van der Waals surface area contributed by atoms with Crippen molar-refractivity contribution in [1.82, 2.24) is 0 Å². The number of rotatable bonds is 1. The molecule has 0 N–H and O–H groups in total. The minimum absolute atomic E-state index is 0.00806. The van der Waals surface area contributed by atoms with E-state index >= 15 is 0 Å². The zero-order chi connectivity index (χ0) is 10.8. The van der Waals surface area contributed by atoms with Crippen LogP contribution in [-0.2, 0) is 4.74 Å². The molecular weight excluding hydrogens is 206 g/mol. The average molecular weight is 221 g/mol. The van der Waals surface area contributed by atoms with E-state index < -0.39 is 0 Å². The van der Waals surface area contributed by atoms with Crippen molar-refractivity contribution in [2.75, 3.05) is 6.61 Å². The van der Waals surface area contributed by atoms with Crippen molar-refractivity contribution in [3.05, 3.63) is 21.4 Å². The van der Waals surface area contributed by atoms with Crippen LogP contribution in [0.4, 0.5) is 0 Å². The molecule has 80 valence electrons. The molecule has 15 heavy (non-hydrogen) atoms. The summed E-state index contributed by atoms with van der Waals surface area (Å²) in [6.07, 6.45) is 1.99. The number of nitrogens with zero attached hydrogens (tertiary/aromatic N) is 1. The monoisotopic (exact) mass is 221 g/mol. The molecule has 0 spiro atoms. The maximum absolute atomic E-state index is 9.09. The molecule has 2 nitrogen and oxygen atoms in total. The maximum atomic E-state index is 9.09. The molecule has 0 aliphatic carbocycles. The average Bonchev–Trinajstić information content (AvgIpc) is 2.57. The molecule has 1 aliphatic rings. The van der Waals surface area contributed by atoms with Crippen LogP contribution in [0.2, 0.25) is 0 Å². The van der Waals surface area contributed by atoms with Crippen molar-refractivity contribution < 1.29 is 4.74 Å². The minimum Gasteiger partial charge on any atom is -0.372 e. The Morgan fingerprint density at radius 3 is 2.93 bits per heavy atom. The Morgan fingerprint density at radius 1 is 1.53 bits per heavy atom. The first kappa shape index (κ1) is 10.7. The molecule has 1 aromatic rings. The second-order valence-electron chi connectivity index (χ2n) is 4.04. The molecule has 0 saturated carbocycles. The molecule has 0 amide bonds. The Labute approximate surface area is 94.5 Å². The number of nitriles is 1. The standard InChI is InChI=1S/C12H15NOS/c1-8-6-11(9(2)15-8)12-10(7-13)4-3-5-14-12/h6,10,12H,3-5H2,1-2H3. The summed E-state index contributed by atoms with van der Waals surface area (Å²) in [4.78, 5) is 2.59. The van der Waals surface area contributed by atoms with E-state index in [0.29, 0.717) is 0 Å². The second kappa shape index (κ2) is 4.34. The van der Waals surface area contributed by atoms with Gasteiger partial charge in [0.05, 0.1) is 18.1 Å². The van der Waals surface area contributed by atoms with Crippen LogP contribution >= 0.6 is 11.3 Å². The van der Waals surface area contributed by atoms with E-state index in [0.717, 1.165) is 19.4 Å². The highest BCUT2D eigenvalue weighted by Crippen LogP contribution is 2.37. The predicted molar refractivity (Wildman–Crippen MR) is 60.8 cm³/mol. The lowest BCUT2D eigenvalue weighted by atomic mass is 9.91. The van der Waals surface area contributed by atoms with Crippen LogP contribution < -0.4 is 0 Å². The van der Waals surface area contributed by atoms with Crippen LogP contribution in [0.15, 0.2) is 6.07 Å². The fraction of sp³-hybridized carbons (Fsp3) is 0.583. The van der Waals surface area contributed by atoms with Gasteiger partial charge in [-0.2, -0.15) is 5.26 Å². The Bertz CT molecular complexity index is 391. The molecule has 2 rings (SSSR count). The van der Waals surface area contributed by atoms with Crippen molar-refractivity contribution in [3.63, 3.8) is 0 Å². The lowest BCUT2D eigenvalue weighted by Crippen LogP contribution is -2.21. The van der Waals surface area contributed by atoms with Crippen LogP contribution in [0.1, 0.15) is 34.3 Å². The first-order chi connectivity index (χ1) is 7.22. The first-order valence-electron chi connectivity index (χ1n) is 5.30. The van der Waals surface area contributed by atoms with Gasteiger partial charge in [-0.1, -0.05) is 0 Å². The number of hydrogen-bond acceptors (Lipinski definition) is 3. The molecule has 1 saturated heterocycles. The SMILES string of the molecule is Cc1cc(C2OCCCC2C#N)c(C)s1. The lowest BCUT2D eigenvalue weighted by molar-refractivity contribution is -0.0102. The summed E-state index contributed by atoms with van der Waals surface area (Å²) >= 11 is 1.79. The van der Waals surface area contributed by atoms with Crippen LogP contribution in [-0.4, -0.2) is 6.61 Å². The van der Waals surface area contributed by atoms with Crippen LogP contribution in [0.5, 0.6) is 0 Å². The van der Waals surface area contributed by atoms with E-state index in [2.05, 4.69) is 26.0 Å². The van der Waals surface area contributed by atoms with Crippen LogP contribution in [0.25, 0.3) is 0 Å². The third-order valence-electron chi connectivity index (χ3n) is 2.87. The highest BCUT2D eigenvalue weighted by molar-refractivity contribution is 7.12. The molecule has 1 aromatic heterocycles. The molecule has 2 unspecified atom stereocenters. The summed E-state index contributed by atoms with van der Waals surface area (Å²) in [5.41, 5.74) is 1.23. The van der Waals surface area contributed by atoms with E-state index in [9.17, 15) is 0 Å². The van der Waals surface area contributed by atoms with Crippen molar-refractivity contribution >= 4 is 11.3 Å². The van der Waals surface area contributed by atoms with Gasteiger partial charge >= 0.3 is 0 Å². The Kier molecular flexibility index (Phi) is 3.08. The molecule has 3 heteroatoms. The quantitative estimate of drug-likeness (QED) is 0.728. The number of aryl methyl sites for hydroxylation is 2. The van der Waals surface area contributed by atoms with Crippen molar-refractivity contribution in [1.29, 1.82) is 5.26 Å². The van der Waals surface area contributed by atoms with Gasteiger partial charge in [-0.3, -0.25) is 0 Å². The summed E-state index contributed by atoms with van der Waals surface area (Å²) in [7, 11) is 0. The summed E-state index contributed by atoms with van der Waals surface area (Å²) < 4.78 is 5.75. The molecule has 0 aromatic carbocycles. The van der Waals surface area contributed by atoms with E-state index in [1.807, 2.05) is 0 Å². The maximum Gasteiger partial charge on any atom is 0.0993 e. The Morgan fingerprint density at radius 2 is 2.33 bits per heavy atom. The van der Waals surface area contributed by atoms with Gasteiger partial charge in [0.25, 0.3) is 0 Å². The summed E-state index contributed by atoms with van der Waals surface area (Å²) in [5.74, 6) is 0.0337. The molecular formula is C12H15NOS. The fourth-order valence-corrected chi connectivity index (χ4v) is 3.11. The number of ether oxygens (including phenoxy) is 1. The van der Waals surface area contributed by atoms with Crippen LogP contribution in [0, 0.1) is 31.1 Å². The zero-order valence-electron chi connectivity index (χ0n) is 9.12. The van der Waals surface area contributed by atoms with Crippen LogP contribution in [0.3, 0.4) is 0 Å². The van der Waals surface area contributed by atoms with Crippen molar-refractivity contribution in [2.24, 2.45) is 5.92 Å². The molecule has 1 aliphatic heterocycles. The second-order valence-corrected chi connectivity index (χ2v) is 5.50. The molecule has 1 fully saturated rings. The first-order valence-corrected chi connectivity index (χ1v) is 6.12. The zero-order valence-corrected chi connectivity index (χ0v) is 9.93. The third kappa shape index (κ3) is 2.06. The van der Waals surface area contributed by atoms with Gasteiger partial charge in [0.2, 0.25) is 0 Å². The van der Waals surface area contributed by atoms with Gasteiger partial charge in [0, 0.05) is 16.4 Å². The van der Waals surface area contributed by atoms with Gasteiger partial charge in [-0.05, 0) is 38.3 Å². The highest BCUT2D eigenvalue weighted by atomic mass is 32.1. The van der Waals surface area contributed by atoms with Gasteiger partial charge in [0.15, 0.2) is 0 Å². The summed E-state index contributed by atoms with van der Waals surface area (Å²) in [6.45, 7) is 5.00. The fourth-order valence-electron chi connectivity index (χ4n) is 2.15. The highest BCUT2D eigenvalue weighted by Gasteiger charge is 2.29. The number of hydrogen-bond donors (Lipinski definition) is 0. The van der Waals surface area contributed by atoms with Crippen molar-refractivity contribution in [2.45, 2.75) is 32.8 Å². The molecule has 0 bridgehead atoms. The van der Waals surface area contributed by atoms with E-state index in [1.165, 1.54) is 15.3 Å². The smallest absolute Gasteiger partial charge is 0.0993 e. The normalized spacial score (nSPS) is 26.2. The third-order valence-corrected chi connectivity index (χ3v) is 3.86. The largest absolute Gasteiger partial charge is 0.372 e. The van der Waals surface area contributed by atoms with Gasteiger partial charge in [-0.15, -0.1) is 11.3 Å². The van der Waals surface area contributed by atoms with Gasteiger partial charge in [0.1, 0.15) is 0 Å². The molecule has 0 radical (unpaired) electrons. The lowest BCUT2D eigenvalue weighted by Gasteiger charge is -2.27. The van der Waals surface area contributed by atoms with E-state index in [-0.39, 0.29) is 12.0 Å². The number of thiophene rings is 1. The van der Waals surface area contributed by atoms with E-state index in [4.69, 9.17) is 10.00 Å². The minimum atomic E-state index is 0.00806. The predicted octanol–water partition coefficient (Wildman–Crippen LogP) is 3.36. The Balaban J connectivity index is 2.28. The summed E-state index contributed by atoms with van der Waals surface area (Å²) in [6, 6.07) is 4.54. The molecule has 2 atom stereocenters. The van der Waals surface area contributed by atoms with E-state index in [1.54, 1.807) is 11.3 Å². The molecule has 2 heterocycles. The van der Waals surface area contributed by atoms with Crippen molar-refractivity contribution in [3.8, 4) is 6.07 Å². The van der Waals surface area contributed by atoms with Gasteiger partial charge in [-0.25, -0.2) is 0 Å². The Hall–Kier alpha value is -0.850.